The van der Waals surface area contributed by atoms with Gasteiger partial charge in [0.1, 0.15) is 0 Å². The Kier molecular flexibility index (Phi) is 17.1. The number of hydrogen-bond donors (Lipinski definition) is 3. The lowest BCUT2D eigenvalue weighted by Gasteiger charge is -2.11. The van der Waals surface area contributed by atoms with E-state index in [0.29, 0.717) is 19.3 Å². The monoisotopic (exact) mass is 480 g/mol. The minimum atomic E-state index is -0.640. The molecule has 196 valence electrons. The number of esters is 1. The van der Waals surface area contributed by atoms with E-state index in [9.17, 15) is 20.1 Å². The van der Waals surface area contributed by atoms with Crippen LogP contribution in [-0.4, -0.2) is 41.1 Å². The molecule has 1 rings (SSSR count). The Morgan fingerprint density at radius 1 is 0.853 bits per heavy atom. The topological polar surface area (TPSA) is 96.2 Å². The van der Waals surface area contributed by atoms with Crippen LogP contribution in [-0.2, 0) is 16.0 Å². The first-order valence-electron chi connectivity index (χ1n) is 13.4. The smallest absolute Gasteiger partial charge is 0.308 e. The molecule has 1 aromatic rings. The molecule has 0 aromatic heterocycles. The molecule has 1 atom stereocenters. The summed E-state index contributed by atoms with van der Waals surface area (Å²) in [4.78, 5) is 11.9. The highest BCUT2D eigenvalue weighted by atomic mass is 16.5. The number of benzene rings is 1. The Balaban J connectivity index is 1.98. The zero-order valence-corrected chi connectivity index (χ0v) is 21.5. The summed E-state index contributed by atoms with van der Waals surface area (Å²) in [6.07, 6.45) is 17.9. The number of methoxy groups -OCH3 is 1. The van der Waals surface area contributed by atoms with Crippen LogP contribution >= 0.6 is 0 Å². The number of carbonyl (C=O) groups is 1. The molecule has 34 heavy (non-hydrogen) atoms. The van der Waals surface area contributed by atoms with Gasteiger partial charge >= 0.3 is 5.97 Å². The van der Waals surface area contributed by atoms with Crippen LogP contribution in [0.4, 0.5) is 0 Å². The van der Waals surface area contributed by atoms with Crippen molar-refractivity contribution in [2.45, 2.75) is 122 Å². The van der Waals surface area contributed by atoms with E-state index in [1.807, 2.05) is 0 Å². The van der Waals surface area contributed by atoms with E-state index in [4.69, 9.17) is 9.47 Å². The Labute approximate surface area is 206 Å². The molecule has 0 aliphatic rings. The third-order valence-electron chi connectivity index (χ3n) is 6.25. The predicted molar refractivity (Wildman–Crippen MR) is 137 cm³/mol. The molecular weight excluding hydrogens is 432 g/mol. The van der Waals surface area contributed by atoms with Crippen molar-refractivity contribution in [3.05, 3.63) is 17.7 Å². The highest BCUT2D eigenvalue weighted by Crippen LogP contribution is 2.36. The van der Waals surface area contributed by atoms with Crippen LogP contribution in [0.1, 0.15) is 115 Å². The Bertz CT molecular complexity index is 661. The molecule has 0 amide bonds. The van der Waals surface area contributed by atoms with Gasteiger partial charge in [0.15, 0.2) is 11.5 Å². The molecule has 6 nitrogen and oxygen atoms in total. The van der Waals surface area contributed by atoms with E-state index >= 15 is 0 Å². The number of aryl methyl sites for hydroxylation is 1. The van der Waals surface area contributed by atoms with Crippen LogP contribution in [0.5, 0.6) is 17.2 Å². The normalized spacial score (nSPS) is 12.0. The second-order valence-corrected chi connectivity index (χ2v) is 9.38. The Morgan fingerprint density at radius 2 is 1.41 bits per heavy atom. The molecular formula is C28H48O6. The minimum Gasteiger partial charge on any atom is -0.504 e. The fourth-order valence-electron chi connectivity index (χ4n) is 4.16. The van der Waals surface area contributed by atoms with Gasteiger partial charge in [-0.25, -0.2) is 0 Å². The molecule has 0 bridgehead atoms. The highest BCUT2D eigenvalue weighted by molar-refractivity contribution is 5.69. The van der Waals surface area contributed by atoms with E-state index in [0.717, 1.165) is 18.4 Å². The van der Waals surface area contributed by atoms with Gasteiger partial charge in [-0.3, -0.25) is 4.79 Å². The maximum Gasteiger partial charge on any atom is 0.308 e. The van der Waals surface area contributed by atoms with Gasteiger partial charge in [0, 0.05) is 0 Å². The summed E-state index contributed by atoms with van der Waals surface area (Å²) in [6.45, 7) is 2.50. The number of aliphatic hydroxyl groups is 1. The van der Waals surface area contributed by atoms with Crippen molar-refractivity contribution < 1.29 is 29.6 Å². The molecule has 0 aliphatic carbocycles. The van der Waals surface area contributed by atoms with Crippen LogP contribution in [0.25, 0.3) is 0 Å². The summed E-state index contributed by atoms with van der Waals surface area (Å²) in [6, 6.07) is 3.12. The number of phenolic OH excluding ortho intramolecular Hbond substituents is 2. The number of aromatic hydroxyl groups is 2. The van der Waals surface area contributed by atoms with Gasteiger partial charge in [-0.15, -0.1) is 0 Å². The third kappa shape index (κ3) is 14.3. The molecule has 3 N–H and O–H groups in total. The van der Waals surface area contributed by atoms with Crippen molar-refractivity contribution in [3.8, 4) is 17.2 Å². The van der Waals surface area contributed by atoms with Crippen LogP contribution in [0, 0.1) is 0 Å². The zero-order valence-electron chi connectivity index (χ0n) is 21.5. The number of phenols is 2. The van der Waals surface area contributed by atoms with E-state index in [1.54, 1.807) is 6.07 Å². The summed E-state index contributed by atoms with van der Waals surface area (Å²) in [5, 5.41) is 29.4. The molecule has 1 unspecified atom stereocenters. The molecule has 0 fully saturated rings. The van der Waals surface area contributed by atoms with E-state index < -0.39 is 6.10 Å². The van der Waals surface area contributed by atoms with Gasteiger partial charge in [0.2, 0.25) is 5.75 Å². The van der Waals surface area contributed by atoms with Gasteiger partial charge in [-0.05, 0) is 37.0 Å². The van der Waals surface area contributed by atoms with Crippen molar-refractivity contribution in [2.75, 3.05) is 13.7 Å². The number of aliphatic hydroxyl groups excluding tert-OH is 1. The van der Waals surface area contributed by atoms with Gasteiger partial charge < -0.3 is 24.8 Å². The van der Waals surface area contributed by atoms with Gasteiger partial charge in [-0.1, -0.05) is 90.4 Å². The second-order valence-electron chi connectivity index (χ2n) is 9.38. The lowest BCUT2D eigenvalue weighted by molar-refractivity contribution is -0.146. The predicted octanol–water partition coefficient (Wildman–Crippen LogP) is 6.81. The quantitative estimate of drug-likeness (QED) is 0.102. The molecule has 0 radical (unpaired) electrons. The number of ether oxygens (including phenoxy) is 2. The third-order valence-corrected chi connectivity index (χ3v) is 6.25. The van der Waals surface area contributed by atoms with Crippen molar-refractivity contribution >= 4 is 5.97 Å². The first-order chi connectivity index (χ1) is 16.5. The summed E-state index contributed by atoms with van der Waals surface area (Å²) < 4.78 is 10.2. The number of carbonyl (C=O) groups excluding carboxylic acids is 1. The van der Waals surface area contributed by atoms with Gasteiger partial charge in [0.05, 0.1) is 26.2 Å². The average Bonchev–Trinajstić information content (AvgIpc) is 2.81. The molecule has 0 saturated heterocycles. The Morgan fingerprint density at radius 3 is 1.97 bits per heavy atom. The fourth-order valence-corrected chi connectivity index (χ4v) is 4.16. The zero-order chi connectivity index (χ0) is 25.0. The van der Waals surface area contributed by atoms with Crippen molar-refractivity contribution in [1.82, 2.24) is 0 Å². The lowest BCUT2D eigenvalue weighted by Crippen LogP contribution is -2.16. The number of unbranched alkanes of at least 4 members (excludes halogenated alkanes) is 12. The highest BCUT2D eigenvalue weighted by Gasteiger charge is 2.13. The van der Waals surface area contributed by atoms with Crippen molar-refractivity contribution in [1.29, 1.82) is 0 Å². The largest absolute Gasteiger partial charge is 0.504 e. The fraction of sp³-hybridized carbons (Fsp3) is 0.750. The van der Waals surface area contributed by atoms with Crippen molar-refractivity contribution in [2.24, 2.45) is 0 Å². The molecule has 0 heterocycles. The first-order valence-corrected chi connectivity index (χ1v) is 13.4. The Hall–Kier alpha value is -1.95. The minimum absolute atomic E-state index is 0.0338. The maximum atomic E-state index is 11.9. The summed E-state index contributed by atoms with van der Waals surface area (Å²) >= 11 is 0. The molecule has 1 aromatic carbocycles. The van der Waals surface area contributed by atoms with Crippen LogP contribution in [0.2, 0.25) is 0 Å². The number of rotatable bonds is 21. The summed E-state index contributed by atoms with van der Waals surface area (Å²) in [7, 11) is 1.42. The maximum absolute atomic E-state index is 11.9. The molecule has 0 saturated carbocycles. The van der Waals surface area contributed by atoms with E-state index in [2.05, 4.69) is 6.92 Å². The molecule has 6 heteroatoms. The van der Waals surface area contributed by atoms with Gasteiger partial charge in [-0.2, -0.15) is 0 Å². The summed E-state index contributed by atoms with van der Waals surface area (Å²) in [5.41, 5.74) is 0.783. The second kappa shape index (κ2) is 19.4. The lowest BCUT2D eigenvalue weighted by atomic mass is 10.0. The van der Waals surface area contributed by atoms with Crippen LogP contribution in [0.3, 0.4) is 0 Å². The molecule has 0 aliphatic heterocycles. The first kappa shape index (κ1) is 30.1. The standard InChI is InChI=1S/C28H48O6/c1-3-4-5-6-7-8-9-10-11-12-13-14-15-18-24(29)22-27(31)34-19-16-17-23-20-25(30)28(32)26(21-23)33-2/h20-21,24,29-30,32H,3-19,22H2,1-2H3. The van der Waals surface area contributed by atoms with E-state index in [-0.39, 0.29) is 36.2 Å². The summed E-state index contributed by atoms with van der Waals surface area (Å²) in [5.74, 6) is -0.686. The van der Waals surface area contributed by atoms with Crippen LogP contribution < -0.4 is 4.74 Å². The average molecular weight is 481 g/mol. The van der Waals surface area contributed by atoms with Gasteiger partial charge in [0.25, 0.3) is 0 Å². The number of hydrogen-bond acceptors (Lipinski definition) is 6. The molecule has 0 spiro atoms. The van der Waals surface area contributed by atoms with E-state index in [1.165, 1.54) is 83.8 Å². The van der Waals surface area contributed by atoms with Crippen molar-refractivity contribution in [3.63, 3.8) is 0 Å². The van der Waals surface area contributed by atoms with Crippen LogP contribution in [0.15, 0.2) is 12.1 Å². The SMILES string of the molecule is CCCCCCCCCCCCCCCC(O)CC(=O)OCCCc1cc(O)c(O)c(OC)c1.